The number of para-hydroxylation sites is 1. The van der Waals surface area contributed by atoms with Gasteiger partial charge in [0.15, 0.2) is 34.4 Å². The second kappa shape index (κ2) is 9.77. The number of aliphatic hydroxyl groups is 1. The van der Waals surface area contributed by atoms with Gasteiger partial charge in [-0.3, -0.25) is 9.59 Å². The molecule has 0 saturated carbocycles. The molecule has 9 nitrogen and oxygen atoms in total. The van der Waals surface area contributed by atoms with Gasteiger partial charge in [-0.05, 0) is 48.9 Å². The van der Waals surface area contributed by atoms with E-state index < -0.39 is 23.5 Å². The van der Waals surface area contributed by atoms with E-state index in [1.165, 1.54) is 25.4 Å². The summed E-state index contributed by atoms with van der Waals surface area (Å²) in [6, 6.07) is 14.4. The maximum atomic E-state index is 13.8. The first-order chi connectivity index (χ1) is 18.0. The summed E-state index contributed by atoms with van der Waals surface area (Å²) in [6.45, 7) is 2.32. The molecule has 0 spiro atoms. The van der Waals surface area contributed by atoms with E-state index in [-0.39, 0.29) is 17.9 Å². The highest BCUT2D eigenvalue weighted by Gasteiger charge is 2.45. The first kappa shape index (κ1) is 24.1. The molecule has 0 bridgehead atoms. The number of benzene rings is 2. The fourth-order valence-corrected chi connectivity index (χ4v) is 4.54. The summed E-state index contributed by atoms with van der Waals surface area (Å²) in [6.07, 6.45) is 1.49. The van der Waals surface area contributed by atoms with E-state index in [9.17, 15) is 14.7 Å². The molecule has 3 heterocycles. The van der Waals surface area contributed by atoms with Gasteiger partial charge in [-0.2, -0.15) is 0 Å². The number of rotatable bonds is 9. The average Bonchev–Trinajstić information content (AvgIpc) is 3.64. The number of methoxy groups -OCH3 is 2. The number of furan rings is 2. The third-order valence-corrected chi connectivity index (χ3v) is 6.21. The van der Waals surface area contributed by atoms with Crippen molar-refractivity contribution in [1.29, 1.82) is 0 Å². The van der Waals surface area contributed by atoms with Crippen LogP contribution in [0, 0.1) is 0 Å². The van der Waals surface area contributed by atoms with Crippen molar-refractivity contribution in [3.63, 3.8) is 0 Å². The molecule has 2 aromatic heterocycles. The molecule has 1 aliphatic heterocycles. The Labute approximate surface area is 212 Å². The van der Waals surface area contributed by atoms with E-state index in [4.69, 9.17) is 23.0 Å². The van der Waals surface area contributed by atoms with Crippen LogP contribution in [-0.4, -0.2) is 42.5 Å². The van der Waals surface area contributed by atoms with Crippen LogP contribution < -0.4 is 14.2 Å². The van der Waals surface area contributed by atoms with Gasteiger partial charge in [0.25, 0.3) is 5.91 Å². The number of hydrogen-bond donors (Lipinski definition) is 1. The summed E-state index contributed by atoms with van der Waals surface area (Å²) in [5.41, 5.74) is 0.826. The lowest BCUT2D eigenvalue weighted by molar-refractivity contribution is -0.130. The molecule has 4 aromatic rings. The van der Waals surface area contributed by atoms with Crippen LogP contribution in [0.15, 0.2) is 81.0 Å². The number of nitrogens with zero attached hydrogens (tertiary/aromatic N) is 1. The molecule has 0 aliphatic carbocycles. The second-order valence-corrected chi connectivity index (χ2v) is 8.34. The van der Waals surface area contributed by atoms with Crippen LogP contribution in [0.25, 0.3) is 11.0 Å². The highest BCUT2D eigenvalue weighted by Crippen LogP contribution is 2.43. The lowest BCUT2D eigenvalue weighted by atomic mass is 9.94. The molecular weight excluding hydrogens is 478 g/mol. The molecular formula is C28H25NO8. The smallest absolute Gasteiger partial charge is 0.290 e. The monoisotopic (exact) mass is 503 g/mol. The largest absolute Gasteiger partial charge is 0.503 e. The highest BCUT2D eigenvalue weighted by molar-refractivity contribution is 6.16. The molecule has 0 fully saturated rings. The number of hydrogen-bond acceptors (Lipinski definition) is 8. The first-order valence-corrected chi connectivity index (χ1v) is 11.6. The minimum absolute atomic E-state index is 0.0286. The van der Waals surface area contributed by atoms with Crippen LogP contribution in [0.5, 0.6) is 17.2 Å². The van der Waals surface area contributed by atoms with Crippen LogP contribution in [0.4, 0.5) is 0 Å². The van der Waals surface area contributed by atoms with Crippen LogP contribution in [-0.2, 0) is 11.3 Å². The van der Waals surface area contributed by atoms with Crippen molar-refractivity contribution >= 4 is 22.7 Å². The van der Waals surface area contributed by atoms with Crippen molar-refractivity contribution in [2.45, 2.75) is 19.5 Å². The van der Waals surface area contributed by atoms with Crippen molar-refractivity contribution in [3.05, 3.63) is 89.3 Å². The van der Waals surface area contributed by atoms with Crippen LogP contribution in [0.1, 0.15) is 34.8 Å². The molecule has 190 valence electrons. The Bertz CT molecular complexity index is 1500. The van der Waals surface area contributed by atoms with Gasteiger partial charge < -0.3 is 33.1 Å². The van der Waals surface area contributed by atoms with Crippen LogP contribution in [0.2, 0.25) is 0 Å². The molecule has 1 aliphatic rings. The van der Waals surface area contributed by atoms with Crippen LogP contribution >= 0.6 is 0 Å². The zero-order chi connectivity index (χ0) is 26.1. The number of ether oxygens (including phenoxy) is 3. The van der Waals surface area contributed by atoms with Crippen LogP contribution in [0.3, 0.4) is 0 Å². The zero-order valence-electron chi connectivity index (χ0n) is 20.5. The summed E-state index contributed by atoms with van der Waals surface area (Å²) in [4.78, 5) is 28.5. The van der Waals surface area contributed by atoms with Gasteiger partial charge in [-0.1, -0.05) is 18.2 Å². The Morgan fingerprint density at radius 2 is 1.84 bits per heavy atom. The number of Topliss-reactive ketones (excluding diaryl/α,β-unsaturated/α-hetero) is 1. The van der Waals surface area contributed by atoms with Crippen molar-refractivity contribution in [2.75, 3.05) is 20.8 Å². The minimum Gasteiger partial charge on any atom is -0.503 e. The van der Waals surface area contributed by atoms with E-state index in [2.05, 4.69) is 0 Å². The molecule has 1 N–H and O–H groups in total. The summed E-state index contributed by atoms with van der Waals surface area (Å²) >= 11 is 0. The predicted octanol–water partition coefficient (Wildman–Crippen LogP) is 5.22. The molecule has 5 rings (SSSR count). The van der Waals surface area contributed by atoms with Crippen molar-refractivity contribution < 1.29 is 37.7 Å². The fourth-order valence-electron chi connectivity index (χ4n) is 4.54. The number of carbonyl (C=O) groups excluding carboxylic acids is 2. The maximum absolute atomic E-state index is 13.8. The van der Waals surface area contributed by atoms with Crippen molar-refractivity contribution in [1.82, 2.24) is 4.90 Å². The predicted molar refractivity (Wildman–Crippen MR) is 133 cm³/mol. The fraction of sp³-hybridized carbons (Fsp3) is 0.214. The second-order valence-electron chi connectivity index (χ2n) is 8.34. The molecule has 1 unspecified atom stereocenters. The lowest BCUT2D eigenvalue weighted by Gasteiger charge is -2.26. The third-order valence-electron chi connectivity index (χ3n) is 6.21. The van der Waals surface area contributed by atoms with Gasteiger partial charge in [0, 0.05) is 5.39 Å². The number of fused-ring (bicyclic) bond motifs is 1. The zero-order valence-corrected chi connectivity index (χ0v) is 20.5. The molecule has 0 radical (unpaired) electrons. The van der Waals surface area contributed by atoms with E-state index >= 15 is 0 Å². The average molecular weight is 504 g/mol. The molecule has 9 heteroatoms. The number of ketones is 1. The lowest BCUT2D eigenvalue weighted by Crippen LogP contribution is -2.30. The third kappa shape index (κ3) is 4.18. The molecule has 1 atom stereocenters. The Kier molecular flexibility index (Phi) is 6.35. The molecule has 37 heavy (non-hydrogen) atoms. The Balaban J connectivity index is 1.62. The minimum atomic E-state index is -0.940. The Morgan fingerprint density at radius 3 is 2.54 bits per heavy atom. The first-order valence-electron chi connectivity index (χ1n) is 11.6. The highest BCUT2D eigenvalue weighted by atomic mass is 16.5. The number of amides is 1. The number of carbonyl (C=O) groups is 2. The SMILES string of the molecule is CCOc1ccc(C2C(C(=O)c3cc4cccc(OC)c4o3)=C(O)C(=O)N2Cc2ccco2)cc1OC. The maximum Gasteiger partial charge on any atom is 0.290 e. The summed E-state index contributed by atoms with van der Waals surface area (Å²) in [5, 5.41) is 11.6. The van der Waals surface area contributed by atoms with Gasteiger partial charge in [0.2, 0.25) is 5.78 Å². The van der Waals surface area contributed by atoms with Crippen molar-refractivity contribution in [2.24, 2.45) is 0 Å². The Morgan fingerprint density at radius 1 is 1.03 bits per heavy atom. The van der Waals surface area contributed by atoms with E-state index in [0.717, 1.165) is 0 Å². The van der Waals surface area contributed by atoms with Gasteiger partial charge in [0.1, 0.15) is 5.76 Å². The summed E-state index contributed by atoms with van der Waals surface area (Å²) < 4.78 is 27.8. The molecule has 1 amide bonds. The van der Waals surface area contributed by atoms with E-state index in [1.54, 1.807) is 54.6 Å². The Hall–Kier alpha value is -4.66. The molecule has 0 saturated heterocycles. The van der Waals surface area contributed by atoms with Gasteiger partial charge >= 0.3 is 0 Å². The quantitative estimate of drug-likeness (QED) is 0.310. The van der Waals surface area contributed by atoms with Crippen molar-refractivity contribution in [3.8, 4) is 17.2 Å². The standard InChI is InChI=1S/C28H25NO8/c1-4-35-19-11-10-16(13-21(19)34-3)24-23(26(31)28(32)29(24)15-18-8-6-12-36-18)25(30)22-14-17-7-5-9-20(33-2)27(17)37-22/h5-14,24,31H,4,15H2,1-3H3. The van der Waals surface area contributed by atoms with E-state index in [0.29, 0.717) is 46.1 Å². The summed E-state index contributed by atoms with van der Waals surface area (Å²) in [7, 11) is 3.01. The summed E-state index contributed by atoms with van der Waals surface area (Å²) in [5.74, 6) is -0.109. The normalized spacial score (nSPS) is 15.5. The topological polar surface area (TPSA) is 112 Å². The van der Waals surface area contributed by atoms with E-state index in [1.807, 2.05) is 6.92 Å². The van der Waals surface area contributed by atoms with Gasteiger partial charge in [-0.25, -0.2) is 0 Å². The molecule has 2 aromatic carbocycles. The van der Waals surface area contributed by atoms with Gasteiger partial charge in [-0.15, -0.1) is 0 Å². The van der Waals surface area contributed by atoms with Gasteiger partial charge in [0.05, 0.1) is 45.2 Å². The number of aliphatic hydroxyl groups excluding tert-OH is 1.